The minimum Gasteiger partial charge on any atom is -0.294 e. The van der Waals surface area contributed by atoms with E-state index in [2.05, 4.69) is 15.9 Å². The highest BCUT2D eigenvalue weighted by Crippen LogP contribution is 2.23. The van der Waals surface area contributed by atoms with Gasteiger partial charge >= 0.3 is 0 Å². The number of rotatable bonds is 3. The van der Waals surface area contributed by atoms with Crippen LogP contribution in [0.25, 0.3) is 0 Å². The Balaban J connectivity index is 3.15. The maximum atomic E-state index is 12.0. The Morgan fingerprint density at radius 1 is 1.33 bits per heavy atom. The monoisotopic (exact) mass is 268 g/mol. The molecule has 2 heteroatoms. The first kappa shape index (κ1) is 12.4. The molecule has 0 heterocycles. The summed E-state index contributed by atoms with van der Waals surface area (Å²) in [6.45, 7) is 8.03. The van der Waals surface area contributed by atoms with Gasteiger partial charge in [0.15, 0.2) is 5.78 Å². The van der Waals surface area contributed by atoms with Crippen molar-refractivity contribution < 1.29 is 4.79 Å². The van der Waals surface area contributed by atoms with Crippen molar-refractivity contribution in [2.75, 3.05) is 0 Å². The minimum atomic E-state index is 0.115. The van der Waals surface area contributed by atoms with Gasteiger partial charge in [0.2, 0.25) is 0 Å². The molecule has 0 amide bonds. The molecule has 0 saturated heterocycles. The summed E-state index contributed by atoms with van der Waals surface area (Å²) in [5.41, 5.74) is 3.04. The van der Waals surface area contributed by atoms with E-state index in [4.69, 9.17) is 0 Å². The lowest BCUT2D eigenvalue weighted by molar-refractivity contribution is 0.0926. The molecular formula is C13H17BrO. The van der Waals surface area contributed by atoms with Crippen molar-refractivity contribution in [1.29, 1.82) is 0 Å². The van der Waals surface area contributed by atoms with E-state index in [9.17, 15) is 4.79 Å². The van der Waals surface area contributed by atoms with Crippen molar-refractivity contribution in [1.82, 2.24) is 0 Å². The molecule has 1 nitrogen and oxygen atoms in total. The van der Waals surface area contributed by atoms with Crippen LogP contribution < -0.4 is 0 Å². The lowest BCUT2D eigenvalue weighted by Gasteiger charge is -2.11. The largest absolute Gasteiger partial charge is 0.294 e. The third-order valence-corrected chi connectivity index (χ3v) is 3.69. The molecule has 1 aromatic carbocycles. The Bertz CT molecular complexity index is 382. The zero-order chi connectivity index (χ0) is 11.6. The molecule has 0 aliphatic heterocycles. The predicted molar refractivity (Wildman–Crippen MR) is 67.4 cm³/mol. The van der Waals surface area contributed by atoms with Crippen LogP contribution in [-0.4, -0.2) is 5.78 Å². The topological polar surface area (TPSA) is 17.1 Å². The summed E-state index contributed by atoms with van der Waals surface area (Å²) in [5.74, 6) is 0.370. The summed E-state index contributed by atoms with van der Waals surface area (Å²) in [4.78, 5) is 12.0. The van der Waals surface area contributed by atoms with Gasteiger partial charge in [-0.1, -0.05) is 29.8 Å². The molecule has 0 aliphatic carbocycles. The van der Waals surface area contributed by atoms with Gasteiger partial charge in [-0.05, 0) is 43.5 Å². The van der Waals surface area contributed by atoms with Crippen LogP contribution in [0.5, 0.6) is 0 Å². The van der Waals surface area contributed by atoms with Gasteiger partial charge in [0, 0.05) is 16.0 Å². The Morgan fingerprint density at radius 3 is 2.47 bits per heavy atom. The van der Waals surface area contributed by atoms with Gasteiger partial charge in [0.05, 0.1) is 0 Å². The predicted octanol–water partition coefficient (Wildman–Crippen LogP) is 4.29. The number of hydrogen-bond donors (Lipinski definition) is 0. The third kappa shape index (κ3) is 2.69. The van der Waals surface area contributed by atoms with Crippen LogP contribution in [0.1, 0.15) is 41.8 Å². The summed E-state index contributed by atoms with van der Waals surface area (Å²) in [6.07, 6.45) is 0.896. The number of carbonyl (C=O) groups excluding carboxylic acids is 1. The Hall–Kier alpha value is -0.630. The first-order chi connectivity index (χ1) is 6.97. The fourth-order valence-corrected chi connectivity index (χ4v) is 1.96. The molecule has 15 heavy (non-hydrogen) atoms. The van der Waals surface area contributed by atoms with E-state index >= 15 is 0 Å². The van der Waals surface area contributed by atoms with Crippen LogP contribution in [0, 0.1) is 19.8 Å². The fourth-order valence-electron chi connectivity index (χ4n) is 1.50. The Morgan fingerprint density at radius 2 is 1.93 bits per heavy atom. The molecule has 0 fully saturated rings. The molecule has 1 atom stereocenters. The first-order valence-electron chi connectivity index (χ1n) is 5.28. The zero-order valence-electron chi connectivity index (χ0n) is 9.73. The van der Waals surface area contributed by atoms with Gasteiger partial charge in [-0.15, -0.1) is 0 Å². The van der Waals surface area contributed by atoms with Crippen LogP contribution in [0.3, 0.4) is 0 Å². The SMILES string of the molecule is CCC(C)C(=O)c1cc(C)c(Br)cc1C. The van der Waals surface area contributed by atoms with E-state index in [1.54, 1.807) is 0 Å². The molecule has 0 aliphatic rings. The van der Waals surface area contributed by atoms with Gasteiger partial charge in [-0.25, -0.2) is 0 Å². The molecule has 0 radical (unpaired) electrons. The van der Waals surface area contributed by atoms with Gasteiger partial charge in [-0.2, -0.15) is 0 Å². The van der Waals surface area contributed by atoms with Crippen molar-refractivity contribution in [3.63, 3.8) is 0 Å². The van der Waals surface area contributed by atoms with E-state index < -0.39 is 0 Å². The summed E-state index contributed by atoms with van der Waals surface area (Å²) < 4.78 is 1.07. The number of Topliss-reactive ketones (excluding diaryl/α,β-unsaturated/α-hetero) is 1. The summed E-state index contributed by atoms with van der Waals surface area (Å²) in [7, 11) is 0. The average Bonchev–Trinajstić information content (AvgIpc) is 2.21. The third-order valence-electron chi connectivity index (χ3n) is 2.83. The van der Waals surface area contributed by atoms with Gasteiger partial charge < -0.3 is 0 Å². The molecule has 0 saturated carbocycles. The lowest BCUT2D eigenvalue weighted by atomic mass is 9.93. The fraction of sp³-hybridized carbons (Fsp3) is 0.462. The number of aryl methyl sites for hydroxylation is 2. The molecule has 0 N–H and O–H groups in total. The van der Waals surface area contributed by atoms with E-state index in [-0.39, 0.29) is 11.7 Å². The van der Waals surface area contributed by atoms with Crippen LogP contribution in [0.4, 0.5) is 0 Å². The summed E-state index contributed by atoms with van der Waals surface area (Å²) in [5, 5.41) is 0. The van der Waals surface area contributed by atoms with Crippen molar-refractivity contribution in [3.8, 4) is 0 Å². The molecule has 0 aromatic heterocycles. The van der Waals surface area contributed by atoms with E-state index in [1.807, 2.05) is 39.8 Å². The highest BCUT2D eigenvalue weighted by molar-refractivity contribution is 9.10. The van der Waals surface area contributed by atoms with E-state index in [1.165, 1.54) is 0 Å². The summed E-state index contributed by atoms with van der Waals surface area (Å²) >= 11 is 3.47. The van der Waals surface area contributed by atoms with Gasteiger partial charge in [0.25, 0.3) is 0 Å². The molecule has 1 aromatic rings. The highest BCUT2D eigenvalue weighted by Gasteiger charge is 2.16. The second-order valence-electron chi connectivity index (χ2n) is 4.09. The number of carbonyl (C=O) groups is 1. The quantitative estimate of drug-likeness (QED) is 0.748. The van der Waals surface area contributed by atoms with Gasteiger partial charge in [-0.3, -0.25) is 4.79 Å². The number of halogens is 1. The average molecular weight is 269 g/mol. The van der Waals surface area contributed by atoms with Crippen molar-refractivity contribution >= 4 is 21.7 Å². The summed E-state index contributed by atoms with van der Waals surface area (Å²) in [6, 6.07) is 4.00. The van der Waals surface area contributed by atoms with Crippen LogP contribution >= 0.6 is 15.9 Å². The van der Waals surface area contributed by atoms with E-state index in [0.29, 0.717) is 0 Å². The van der Waals surface area contributed by atoms with Crippen LogP contribution in [0.15, 0.2) is 16.6 Å². The second-order valence-corrected chi connectivity index (χ2v) is 4.94. The Labute approximate surface area is 100 Å². The Kier molecular flexibility index (Phi) is 4.09. The van der Waals surface area contributed by atoms with E-state index in [0.717, 1.165) is 27.6 Å². The lowest BCUT2D eigenvalue weighted by Crippen LogP contribution is -2.12. The zero-order valence-corrected chi connectivity index (χ0v) is 11.3. The van der Waals surface area contributed by atoms with Crippen molar-refractivity contribution in [3.05, 3.63) is 33.3 Å². The van der Waals surface area contributed by atoms with Crippen LogP contribution in [0.2, 0.25) is 0 Å². The number of hydrogen-bond acceptors (Lipinski definition) is 1. The molecule has 1 unspecified atom stereocenters. The second kappa shape index (κ2) is 4.93. The van der Waals surface area contributed by atoms with Crippen molar-refractivity contribution in [2.24, 2.45) is 5.92 Å². The van der Waals surface area contributed by atoms with Gasteiger partial charge in [0.1, 0.15) is 0 Å². The minimum absolute atomic E-state index is 0.115. The van der Waals surface area contributed by atoms with Crippen LogP contribution in [-0.2, 0) is 0 Å². The molecule has 0 spiro atoms. The first-order valence-corrected chi connectivity index (χ1v) is 6.07. The standard InChI is InChI=1S/C13H17BrO/c1-5-8(2)13(15)11-6-10(4)12(14)7-9(11)3/h6-8H,5H2,1-4H3. The molecule has 0 bridgehead atoms. The maximum absolute atomic E-state index is 12.0. The highest BCUT2D eigenvalue weighted by atomic mass is 79.9. The molecule has 82 valence electrons. The number of benzene rings is 1. The molecular weight excluding hydrogens is 252 g/mol. The smallest absolute Gasteiger partial charge is 0.165 e. The normalized spacial score (nSPS) is 12.6. The maximum Gasteiger partial charge on any atom is 0.165 e. The van der Waals surface area contributed by atoms with Crippen molar-refractivity contribution in [2.45, 2.75) is 34.1 Å². The number of ketones is 1. The molecule has 1 rings (SSSR count).